The van der Waals surface area contributed by atoms with E-state index in [0.717, 1.165) is 9.87 Å². The summed E-state index contributed by atoms with van der Waals surface area (Å²) in [5, 5.41) is 3.42. The van der Waals surface area contributed by atoms with Crippen LogP contribution in [-0.2, 0) is 26.2 Å². The summed E-state index contributed by atoms with van der Waals surface area (Å²) in [6, 6.07) is 15.1. The van der Waals surface area contributed by atoms with E-state index in [1.54, 1.807) is 56.3 Å². The summed E-state index contributed by atoms with van der Waals surface area (Å²) >= 11 is 12.3. The van der Waals surface area contributed by atoms with Gasteiger partial charge in [0, 0.05) is 19.2 Å². The Morgan fingerprint density at radius 2 is 1.57 bits per heavy atom. The molecule has 0 unspecified atom stereocenters. The molecule has 1 atom stereocenters. The van der Waals surface area contributed by atoms with Crippen LogP contribution in [0.25, 0.3) is 0 Å². The van der Waals surface area contributed by atoms with E-state index in [2.05, 4.69) is 5.32 Å². The third kappa shape index (κ3) is 7.67. The summed E-state index contributed by atoms with van der Waals surface area (Å²) < 4.78 is 39.8. The number of carbonyl (C=O) groups is 2. The highest BCUT2D eigenvalue weighted by atomic mass is 35.5. The summed E-state index contributed by atoms with van der Waals surface area (Å²) in [6.45, 7) is 5.24. The molecule has 0 aliphatic heterocycles. The predicted molar refractivity (Wildman–Crippen MR) is 165 cm³/mol. The van der Waals surface area contributed by atoms with Crippen molar-refractivity contribution in [3.8, 4) is 11.5 Å². The highest BCUT2D eigenvalue weighted by molar-refractivity contribution is 7.92. The van der Waals surface area contributed by atoms with Gasteiger partial charge in [0.2, 0.25) is 11.8 Å². The highest BCUT2D eigenvalue weighted by Crippen LogP contribution is 2.32. The van der Waals surface area contributed by atoms with E-state index in [9.17, 15) is 18.0 Å². The van der Waals surface area contributed by atoms with Crippen LogP contribution in [0.2, 0.25) is 10.0 Å². The van der Waals surface area contributed by atoms with Crippen LogP contribution in [0.3, 0.4) is 0 Å². The Morgan fingerprint density at radius 1 is 0.905 bits per heavy atom. The average molecular weight is 637 g/mol. The fourth-order valence-corrected chi connectivity index (χ4v) is 6.14. The smallest absolute Gasteiger partial charge is 0.264 e. The lowest BCUT2D eigenvalue weighted by molar-refractivity contribution is -0.140. The minimum Gasteiger partial charge on any atom is -0.493 e. The molecule has 12 heteroatoms. The first-order valence-electron chi connectivity index (χ1n) is 13.3. The summed E-state index contributed by atoms with van der Waals surface area (Å²) in [5.41, 5.74) is 1.83. The third-order valence-corrected chi connectivity index (χ3v) is 9.13. The molecule has 0 heterocycles. The van der Waals surface area contributed by atoms with E-state index >= 15 is 0 Å². The lowest BCUT2D eigenvalue weighted by Crippen LogP contribution is -2.52. The number of benzene rings is 3. The first-order chi connectivity index (χ1) is 20.0. The quantitative estimate of drug-likeness (QED) is 0.267. The molecule has 9 nitrogen and oxygen atoms in total. The minimum absolute atomic E-state index is 0.00348. The summed E-state index contributed by atoms with van der Waals surface area (Å²) in [6.07, 6.45) is 0.297. The van der Waals surface area contributed by atoms with Gasteiger partial charge in [-0.05, 0) is 62.2 Å². The van der Waals surface area contributed by atoms with Crippen molar-refractivity contribution in [2.24, 2.45) is 0 Å². The van der Waals surface area contributed by atoms with E-state index in [-0.39, 0.29) is 28.8 Å². The molecule has 0 aliphatic carbocycles. The van der Waals surface area contributed by atoms with E-state index in [0.29, 0.717) is 34.3 Å². The molecule has 3 aromatic carbocycles. The average Bonchev–Trinajstić information content (AvgIpc) is 2.97. The first-order valence-corrected chi connectivity index (χ1v) is 15.5. The van der Waals surface area contributed by atoms with Crippen LogP contribution in [0.4, 0.5) is 5.69 Å². The lowest BCUT2D eigenvalue weighted by Gasteiger charge is -2.33. The minimum atomic E-state index is -4.29. The van der Waals surface area contributed by atoms with Gasteiger partial charge in [0.05, 0.1) is 34.8 Å². The Hall–Kier alpha value is -3.47. The molecule has 0 fully saturated rings. The van der Waals surface area contributed by atoms with Crippen molar-refractivity contribution in [1.82, 2.24) is 10.2 Å². The SMILES string of the molecule is CCNC(=O)[C@@H](CC)N(Cc1ccc(Cl)c(Cl)c1)C(=O)CN(c1ccc(C)cc1)S(=O)(=O)c1ccc(OC)c(OC)c1. The molecule has 0 bridgehead atoms. The summed E-state index contributed by atoms with van der Waals surface area (Å²) in [7, 11) is -1.44. The topological polar surface area (TPSA) is 105 Å². The molecular formula is C30H35Cl2N3O6S. The molecular weight excluding hydrogens is 601 g/mol. The van der Waals surface area contributed by atoms with Crippen molar-refractivity contribution in [3.63, 3.8) is 0 Å². The second-order valence-electron chi connectivity index (χ2n) is 9.45. The molecule has 3 rings (SSSR count). The van der Waals surface area contributed by atoms with Crippen LogP contribution < -0.4 is 19.1 Å². The number of aryl methyl sites for hydroxylation is 1. The van der Waals surface area contributed by atoms with Gasteiger partial charge in [-0.2, -0.15) is 0 Å². The van der Waals surface area contributed by atoms with Gasteiger partial charge in [-0.1, -0.05) is 53.9 Å². The highest BCUT2D eigenvalue weighted by Gasteiger charge is 2.34. The number of likely N-dealkylation sites (N-methyl/N-ethyl adjacent to an activating group) is 1. The molecule has 226 valence electrons. The Bertz CT molecular complexity index is 1520. The number of halogens is 2. The zero-order chi connectivity index (χ0) is 31.0. The molecule has 42 heavy (non-hydrogen) atoms. The maximum atomic E-state index is 14.1. The van der Waals surface area contributed by atoms with Crippen LogP contribution in [0.15, 0.2) is 65.6 Å². The van der Waals surface area contributed by atoms with Crippen LogP contribution in [0.1, 0.15) is 31.4 Å². The van der Waals surface area contributed by atoms with Crippen molar-refractivity contribution < 1.29 is 27.5 Å². The molecule has 2 amide bonds. The van der Waals surface area contributed by atoms with Crippen molar-refractivity contribution in [3.05, 3.63) is 81.8 Å². The maximum absolute atomic E-state index is 14.1. The Balaban J connectivity index is 2.10. The molecule has 0 aliphatic rings. The van der Waals surface area contributed by atoms with Crippen molar-refractivity contribution >= 4 is 50.7 Å². The van der Waals surface area contributed by atoms with E-state index in [1.807, 2.05) is 6.92 Å². The van der Waals surface area contributed by atoms with Gasteiger partial charge in [0.25, 0.3) is 10.0 Å². The maximum Gasteiger partial charge on any atom is 0.264 e. The van der Waals surface area contributed by atoms with Crippen LogP contribution in [-0.4, -0.2) is 58.5 Å². The number of nitrogens with zero attached hydrogens (tertiary/aromatic N) is 2. The normalized spacial score (nSPS) is 11.9. The number of ether oxygens (including phenoxy) is 2. The second kappa shape index (κ2) is 14.6. The monoisotopic (exact) mass is 635 g/mol. The zero-order valence-corrected chi connectivity index (χ0v) is 26.5. The van der Waals surface area contributed by atoms with Crippen molar-refractivity contribution in [2.45, 2.75) is 44.7 Å². The predicted octanol–water partition coefficient (Wildman–Crippen LogP) is 5.46. The lowest BCUT2D eigenvalue weighted by atomic mass is 10.1. The number of amides is 2. The van der Waals surface area contributed by atoms with Gasteiger partial charge < -0.3 is 19.7 Å². The van der Waals surface area contributed by atoms with Crippen LogP contribution in [0, 0.1) is 6.92 Å². The van der Waals surface area contributed by atoms with Crippen molar-refractivity contribution in [2.75, 3.05) is 31.6 Å². The number of hydrogen-bond donors (Lipinski definition) is 1. The van der Waals surface area contributed by atoms with Gasteiger partial charge >= 0.3 is 0 Å². The fraction of sp³-hybridized carbons (Fsp3) is 0.333. The van der Waals surface area contributed by atoms with Gasteiger partial charge in [-0.3, -0.25) is 13.9 Å². The molecule has 0 aromatic heterocycles. The summed E-state index contributed by atoms with van der Waals surface area (Å²) in [4.78, 5) is 28.4. The third-order valence-electron chi connectivity index (χ3n) is 6.62. The molecule has 0 spiro atoms. The van der Waals surface area contributed by atoms with Crippen LogP contribution in [0.5, 0.6) is 11.5 Å². The number of carbonyl (C=O) groups excluding carboxylic acids is 2. The van der Waals surface area contributed by atoms with E-state index in [4.69, 9.17) is 32.7 Å². The standard InChI is InChI=1S/C30H35Cl2N3O6S/c1-6-26(30(37)33-7-2)34(18-21-10-14-24(31)25(32)16-21)29(36)19-35(22-11-8-20(3)9-12-22)42(38,39)23-13-15-27(40-4)28(17-23)41-5/h8-17,26H,6-7,18-19H2,1-5H3,(H,33,37)/t26-/m1/s1. The van der Waals surface area contributed by atoms with E-state index in [1.165, 1.54) is 37.3 Å². The van der Waals surface area contributed by atoms with Gasteiger partial charge in [-0.15, -0.1) is 0 Å². The fourth-order valence-electron chi connectivity index (χ4n) is 4.39. The molecule has 3 aromatic rings. The first kappa shape index (κ1) is 33.0. The Morgan fingerprint density at radius 3 is 2.14 bits per heavy atom. The van der Waals surface area contributed by atoms with Gasteiger partial charge in [0.1, 0.15) is 12.6 Å². The molecule has 0 saturated carbocycles. The summed E-state index contributed by atoms with van der Waals surface area (Å²) in [5.74, 6) is -0.353. The van der Waals surface area contributed by atoms with Gasteiger partial charge in [-0.25, -0.2) is 8.42 Å². The zero-order valence-electron chi connectivity index (χ0n) is 24.2. The largest absolute Gasteiger partial charge is 0.493 e. The molecule has 0 saturated heterocycles. The number of hydrogen-bond acceptors (Lipinski definition) is 6. The van der Waals surface area contributed by atoms with Gasteiger partial charge in [0.15, 0.2) is 11.5 Å². The number of rotatable bonds is 13. The molecule has 0 radical (unpaired) electrons. The van der Waals surface area contributed by atoms with Crippen LogP contribution >= 0.6 is 23.2 Å². The number of nitrogens with one attached hydrogen (secondary N) is 1. The molecule has 1 N–H and O–H groups in total. The number of sulfonamides is 1. The number of anilines is 1. The second-order valence-corrected chi connectivity index (χ2v) is 12.1. The van der Waals surface area contributed by atoms with Crippen molar-refractivity contribution in [1.29, 1.82) is 0 Å². The number of methoxy groups -OCH3 is 2. The Kier molecular flexibility index (Phi) is 11.5. The van der Waals surface area contributed by atoms with E-state index < -0.39 is 28.5 Å². The Labute approximate surface area is 257 Å².